The minimum atomic E-state index is -0.842. The maximum atomic E-state index is 10.6. The van der Waals surface area contributed by atoms with Crippen molar-refractivity contribution in [3.63, 3.8) is 0 Å². The molecule has 0 fully saturated rings. The van der Waals surface area contributed by atoms with Crippen LogP contribution in [-0.2, 0) is 17.6 Å². The van der Waals surface area contributed by atoms with Crippen molar-refractivity contribution in [3.8, 4) is 0 Å². The third kappa shape index (κ3) is 1.39. The molecule has 0 unspecified atom stereocenters. The van der Waals surface area contributed by atoms with Gasteiger partial charge in [-0.3, -0.25) is 9.20 Å². The van der Waals surface area contributed by atoms with Gasteiger partial charge in [-0.25, -0.2) is 4.98 Å². The number of hydrogen-bond acceptors (Lipinski definition) is 3. The molecule has 2 rings (SSSR count). The van der Waals surface area contributed by atoms with Crippen LogP contribution in [0.5, 0.6) is 0 Å². The van der Waals surface area contributed by atoms with Crippen molar-refractivity contribution in [2.75, 3.05) is 0 Å². The van der Waals surface area contributed by atoms with Gasteiger partial charge in [0.25, 0.3) is 0 Å². The van der Waals surface area contributed by atoms with Crippen LogP contribution in [0.2, 0.25) is 0 Å². The van der Waals surface area contributed by atoms with Crippen molar-refractivity contribution in [1.82, 2.24) is 9.38 Å². The number of aliphatic carboxylic acids is 1. The molecule has 2 heterocycles. The average molecular weight is 210 g/mol. The van der Waals surface area contributed by atoms with Crippen LogP contribution >= 0.6 is 11.3 Å². The quantitative estimate of drug-likeness (QED) is 0.836. The smallest absolute Gasteiger partial charge is 0.311 e. The normalized spacial score (nSPS) is 10.9. The van der Waals surface area contributed by atoms with Crippen LogP contribution in [0.4, 0.5) is 0 Å². The Balaban J connectivity index is 2.53. The molecule has 0 saturated heterocycles. The van der Waals surface area contributed by atoms with E-state index >= 15 is 0 Å². The van der Waals surface area contributed by atoms with Gasteiger partial charge in [0.15, 0.2) is 0 Å². The van der Waals surface area contributed by atoms with Gasteiger partial charge < -0.3 is 5.11 Å². The van der Waals surface area contributed by atoms with Crippen molar-refractivity contribution in [3.05, 3.63) is 23.1 Å². The van der Waals surface area contributed by atoms with Crippen LogP contribution < -0.4 is 0 Å². The highest BCUT2D eigenvalue weighted by Gasteiger charge is 2.11. The van der Waals surface area contributed by atoms with Crippen molar-refractivity contribution in [2.45, 2.75) is 19.8 Å². The Labute approximate surface area is 84.8 Å². The number of aryl methyl sites for hydroxylation is 1. The summed E-state index contributed by atoms with van der Waals surface area (Å²) in [6.45, 7) is 2.05. The monoisotopic (exact) mass is 210 g/mol. The third-order valence-corrected chi connectivity index (χ3v) is 3.00. The molecule has 0 aliphatic heterocycles. The van der Waals surface area contributed by atoms with Crippen molar-refractivity contribution in [1.29, 1.82) is 0 Å². The number of rotatable bonds is 3. The fourth-order valence-corrected chi connectivity index (χ4v) is 2.42. The maximum Gasteiger partial charge on any atom is 0.311 e. The highest BCUT2D eigenvalue weighted by molar-refractivity contribution is 7.15. The number of carboxylic acid groups (broad SMARTS) is 1. The van der Waals surface area contributed by atoms with Crippen molar-refractivity contribution < 1.29 is 9.90 Å². The van der Waals surface area contributed by atoms with Gasteiger partial charge in [0.05, 0.1) is 6.20 Å². The molecule has 0 atom stereocenters. The average Bonchev–Trinajstić information content (AvgIpc) is 2.67. The fourth-order valence-electron chi connectivity index (χ4n) is 1.45. The number of fused-ring (bicyclic) bond motifs is 1. The molecule has 0 aliphatic carbocycles. The molecule has 0 spiro atoms. The molecule has 1 N–H and O–H groups in total. The SMILES string of the molecule is CCc1csc2cnc(CC(=O)O)n12. The van der Waals surface area contributed by atoms with Crippen LogP contribution in [0.15, 0.2) is 11.6 Å². The van der Waals surface area contributed by atoms with Crippen LogP contribution in [0.25, 0.3) is 4.83 Å². The summed E-state index contributed by atoms with van der Waals surface area (Å²) in [7, 11) is 0. The van der Waals surface area contributed by atoms with Crippen molar-refractivity contribution in [2.24, 2.45) is 0 Å². The van der Waals surface area contributed by atoms with E-state index in [9.17, 15) is 4.79 Å². The Morgan fingerprint density at radius 2 is 2.50 bits per heavy atom. The molecular formula is C9H10N2O2S. The minimum Gasteiger partial charge on any atom is -0.481 e. The Bertz CT molecular complexity index is 472. The molecule has 0 aromatic carbocycles. The lowest BCUT2D eigenvalue weighted by Crippen LogP contribution is -2.05. The molecule has 4 nitrogen and oxygen atoms in total. The summed E-state index contributed by atoms with van der Waals surface area (Å²) < 4.78 is 1.93. The molecule has 14 heavy (non-hydrogen) atoms. The zero-order chi connectivity index (χ0) is 10.1. The van der Waals surface area contributed by atoms with Gasteiger partial charge in [-0.15, -0.1) is 11.3 Å². The molecule has 0 amide bonds. The summed E-state index contributed by atoms with van der Waals surface area (Å²) in [6.07, 6.45) is 2.60. The van der Waals surface area contributed by atoms with E-state index in [0.717, 1.165) is 16.9 Å². The largest absolute Gasteiger partial charge is 0.481 e. The highest BCUT2D eigenvalue weighted by Crippen LogP contribution is 2.19. The summed E-state index contributed by atoms with van der Waals surface area (Å²) in [5.74, 6) is -0.226. The van der Waals surface area contributed by atoms with E-state index in [1.54, 1.807) is 17.5 Å². The molecule has 74 valence electrons. The topological polar surface area (TPSA) is 54.6 Å². The first-order chi connectivity index (χ1) is 6.72. The van der Waals surface area contributed by atoms with Gasteiger partial charge in [0.1, 0.15) is 17.1 Å². The molecule has 0 radical (unpaired) electrons. The van der Waals surface area contributed by atoms with E-state index in [0.29, 0.717) is 5.82 Å². The predicted octanol–water partition coefficient (Wildman–Crippen LogP) is 1.59. The van der Waals surface area contributed by atoms with E-state index in [2.05, 4.69) is 4.98 Å². The number of carboxylic acids is 1. The van der Waals surface area contributed by atoms with Gasteiger partial charge in [0, 0.05) is 11.1 Å². The van der Waals surface area contributed by atoms with Crippen LogP contribution in [0.3, 0.4) is 0 Å². The Morgan fingerprint density at radius 1 is 1.71 bits per heavy atom. The lowest BCUT2D eigenvalue weighted by Gasteiger charge is -1.98. The summed E-state index contributed by atoms with van der Waals surface area (Å²) in [5.41, 5.74) is 1.12. The molecule has 0 aliphatic rings. The maximum absolute atomic E-state index is 10.6. The molecule has 0 bridgehead atoms. The van der Waals surface area contributed by atoms with E-state index in [4.69, 9.17) is 5.11 Å². The van der Waals surface area contributed by atoms with E-state index in [1.807, 2.05) is 16.7 Å². The first-order valence-corrected chi connectivity index (χ1v) is 5.24. The molecule has 0 saturated carbocycles. The summed E-state index contributed by atoms with van der Waals surface area (Å²) in [4.78, 5) is 15.7. The van der Waals surface area contributed by atoms with Gasteiger partial charge in [-0.1, -0.05) is 6.92 Å². The first-order valence-electron chi connectivity index (χ1n) is 4.37. The molecule has 2 aromatic rings. The summed E-state index contributed by atoms with van der Waals surface area (Å²) >= 11 is 1.59. The Hall–Kier alpha value is -1.36. The second kappa shape index (κ2) is 3.42. The summed E-state index contributed by atoms with van der Waals surface area (Å²) in [6, 6.07) is 0. The number of thiazole rings is 1. The third-order valence-electron chi connectivity index (χ3n) is 2.08. The van der Waals surface area contributed by atoms with E-state index in [-0.39, 0.29) is 6.42 Å². The zero-order valence-electron chi connectivity index (χ0n) is 7.73. The minimum absolute atomic E-state index is 0.0160. The number of imidazole rings is 1. The van der Waals surface area contributed by atoms with Crippen LogP contribution in [-0.4, -0.2) is 20.5 Å². The van der Waals surface area contributed by atoms with Gasteiger partial charge in [0.2, 0.25) is 0 Å². The Morgan fingerprint density at radius 3 is 3.14 bits per heavy atom. The molecule has 5 heteroatoms. The molecular weight excluding hydrogens is 200 g/mol. The Kier molecular flexibility index (Phi) is 2.25. The predicted molar refractivity (Wildman–Crippen MR) is 53.8 cm³/mol. The summed E-state index contributed by atoms with van der Waals surface area (Å²) in [5, 5.41) is 10.7. The number of nitrogens with zero attached hydrogens (tertiary/aromatic N) is 2. The lowest BCUT2D eigenvalue weighted by molar-refractivity contribution is -0.136. The fraction of sp³-hybridized carbons (Fsp3) is 0.333. The van der Waals surface area contributed by atoms with Gasteiger partial charge in [-0.2, -0.15) is 0 Å². The lowest BCUT2D eigenvalue weighted by atomic mass is 10.3. The second-order valence-corrected chi connectivity index (χ2v) is 3.89. The second-order valence-electron chi connectivity index (χ2n) is 3.00. The standard InChI is InChI=1S/C9H10N2O2S/c1-2-6-5-14-8-4-10-7(11(6)8)3-9(12)13/h4-5H,2-3H2,1H3,(H,12,13). The number of hydrogen-bond donors (Lipinski definition) is 1. The number of carbonyl (C=O) groups is 1. The van der Waals surface area contributed by atoms with E-state index in [1.165, 1.54) is 0 Å². The van der Waals surface area contributed by atoms with Crippen molar-refractivity contribution >= 4 is 22.1 Å². The van der Waals surface area contributed by atoms with Gasteiger partial charge >= 0.3 is 5.97 Å². The van der Waals surface area contributed by atoms with E-state index < -0.39 is 5.97 Å². The van der Waals surface area contributed by atoms with Gasteiger partial charge in [-0.05, 0) is 6.42 Å². The number of aromatic nitrogens is 2. The van der Waals surface area contributed by atoms with Crippen LogP contribution in [0, 0.1) is 0 Å². The first kappa shape index (κ1) is 9.21. The highest BCUT2D eigenvalue weighted by atomic mass is 32.1. The molecule has 2 aromatic heterocycles. The zero-order valence-corrected chi connectivity index (χ0v) is 8.54. The van der Waals surface area contributed by atoms with Crippen LogP contribution in [0.1, 0.15) is 18.4 Å².